The molecule has 7 nitrogen and oxygen atoms in total. The van der Waals surface area contributed by atoms with E-state index < -0.39 is 0 Å². The normalized spacial score (nSPS) is 10.7. The molecule has 0 saturated carbocycles. The van der Waals surface area contributed by atoms with Gasteiger partial charge in [-0.3, -0.25) is 4.68 Å². The maximum Gasteiger partial charge on any atom is 0.228 e. The van der Waals surface area contributed by atoms with Gasteiger partial charge in [-0.05, 0) is 24.3 Å². The van der Waals surface area contributed by atoms with Crippen LogP contribution >= 0.6 is 0 Å². The fourth-order valence-corrected chi connectivity index (χ4v) is 1.77. The Kier molecular flexibility index (Phi) is 3.40. The minimum Gasteiger partial charge on any atom is -0.497 e. The van der Waals surface area contributed by atoms with Crippen molar-refractivity contribution in [3.63, 3.8) is 0 Å². The molecular weight excluding hydrogens is 258 g/mol. The van der Waals surface area contributed by atoms with Gasteiger partial charge in [-0.1, -0.05) is 5.16 Å². The molecule has 0 aliphatic carbocycles. The largest absolute Gasteiger partial charge is 0.497 e. The minimum atomic E-state index is 0.571. The van der Waals surface area contributed by atoms with Crippen molar-refractivity contribution in [3.05, 3.63) is 42.8 Å². The van der Waals surface area contributed by atoms with Gasteiger partial charge in [0.2, 0.25) is 11.7 Å². The van der Waals surface area contributed by atoms with Crippen LogP contribution in [0, 0.1) is 0 Å². The molecule has 1 aromatic carbocycles. The third kappa shape index (κ3) is 2.66. The van der Waals surface area contributed by atoms with Gasteiger partial charge in [0.1, 0.15) is 18.4 Å². The number of aromatic nitrogens is 5. The van der Waals surface area contributed by atoms with Gasteiger partial charge < -0.3 is 9.26 Å². The first-order chi connectivity index (χ1) is 9.85. The molecule has 0 saturated heterocycles. The zero-order valence-electron chi connectivity index (χ0n) is 10.9. The molecule has 0 atom stereocenters. The summed E-state index contributed by atoms with van der Waals surface area (Å²) in [5.74, 6) is 1.94. The molecule has 7 heteroatoms. The average molecular weight is 271 g/mol. The molecule has 20 heavy (non-hydrogen) atoms. The Morgan fingerprint density at radius 1 is 1.25 bits per heavy atom. The molecule has 2 aromatic heterocycles. The molecule has 0 N–H and O–H groups in total. The lowest BCUT2D eigenvalue weighted by Gasteiger charge is -1.99. The molecule has 0 amide bonds. The van der Waals surface area contributed by atoms with Crippen LogP contribution in [-0.2, 0) is 13.0 Å². The smallest absolute Gasteiger partial charge is 0.228 e. The second-order valence-corrected chi connectivity index (χ2v) is 4.15. The van der Waals surface area contributed by atoms with Crippen LogP contribution in [0.4, 0.5) is 0 Å². The number of nitrogens with zero attached hydrogens (tertiary/aromatic N) is 5. The van der Waals surface area contributed by atoms with E-state index in [1.165, 1.54) is 6.33 Å². The number of methoxy groups -OCH3 is 1. The third-order valence-electron chi connectivity index (χ3n) is 2.84. The number of benzene rings is 1. The lowest BCUT2D eigenvalue weighted by atomic mass is 10.2. The highest BCUT2D eigenvalue weighted by atomic mass is 16.5. The Hall–Kier alpha value is -2.70. The molecular formula is C13H13N5O2. The van der Waals surface area contributed by atoms with E-state index in [2.05, 4.69) is 20.2 Å². The molecule has 0 spiro atoms. The maximum atomic E-state index is 5.22. The average Bonchev–Trinajstić information content (AvgIpc) is 3.17. The van der Waals surface area contributed by atoms with E-state index in [9.17, 15) is 0 Å². The van der Waals surface area contributed by atoms with Crippen LogP contribution in [0.1, 0.15) is 5.89 Å². The van der Waals surface area contributed by atoms with Crippen LogP contribution in [0.25, 0.3) is 11.4 Å². The highest BCUT2D eigenvalue weighted by molar-refractivity contribution is 5.55. The summed E-state index contributed by atoms with van der Waals surface area (Å²) in [4.78, 5) is 8.23. The summed E-state index contributed by atoms with van der Waals surface area (Å²) >= 11 is 0. The molecule has 0 aliphatic heterocycles. The van der Waals surface area contributed by atoms with Gasteiger partial charge in [-0.2, -0.15) is 10.1 Å². The second-order valence-electron chi connectivity index (χ2n) is 4.15. The van der Waals surface area contributed by atoms with Gasteiger partial charge in [0, 0.05) is 12.0 Å². The fourth-order valence-electron chi connectivity index (χ4n) is 1.77. The number of rotatable bonds is 5. The van der Waals surface area contributed by atoms with Crippen molar-refractivity contribution in [1.82, 2.24) is 24.9 Å². The number of hydrogen-bond acceptors (Lipinski definition) is 6. The minimum absolute atomic E-state index is 0.571. The molecule has 0 fully saturated rings. The highest BCUT2D eigenvalue weighted by Gasteiger charge is 2.08. The van der Waals surface area contributed by atoms with Crippen molar-refractivity contribution in [2.45, 2.75) is 13.0 Å². The Balaban J connectivity index is 1.69. The molecule has 0 aliphatic rings. The zero-order chi connectivity index (χ0) is 13.8. The number of ether oxygens (including phenoxy) is 1. The number of aryl methyl sites for hydroxylation is 2. The first kappa shape index (κ1) is 12.3. The van der Waals surface area contributed by atoms with E-state index >= 15 is 0 Å². The predicted molar refractivity (Wildman–Crippen MR) is 70.0 cm³/mol. The predicted octanol–water partition coefficient (Wildman–Crippen LogP) is 1.58. The van der Waals surface area contributed by atoms with Crippen molar-refractivity contribution < 1.29 is 9.26 Å². The Morgan fingerprint density at radius 2 is 2.10 bits per heavy atom. The van der Waals surface area contributed by atoms with Crippen molar-refractivity contribution in [3.8, 4) is 17.1 Å². The summed E-state index contributed by atoms with van der Waals surface area (Å²) in [5, 5.41) is 7.99. The summed E-state index contributed by atoms with van der Waals surface area (Å²) in [6.07, 6.45) is 3.77. The lowest BCUT2D eigenvalue weighted by molar-refractivity contribution is 0.369. The Bertz CT molecular complexity index is 660. The van der Waals surface area contributed by atoms with E-state index in [1.807, 2.05) is 24.3 Å². The molecule has 102 valence electrons. The highest BCUT2D eigenvalue weighted by Crippen LogP contribution is 2.19. The van der Waals surface area contributed by atoms with Crippen LogP contribution in [0.15, 0.2) is 41.4 Å². The van der Waals surface area contributed by atoms with Crippen molar-refractivity contribution in [2.24, 2.45) is 0 Å². The first-order valence-electron chi connectivity index (χ1n) is 6.14. The monoisotopic (exact) mass is 271 g/mol. The molecule has 3 rings (SSSR count). The molecule has 0 unspecified atom stereocenters. The second kappa shape index (κ2) is 5.52. The van der Waals surface area contributed by atoms with Crippen molar-refractivity contribution >= 4 is 0 Å². The van der Waals surface area contributed by atoms with E-state index in [4.69, 9.17) is 9.26 Å². The molecule has 2 heterocycles. The summed E-state index contributed by atoms with van der Waals surface area (Å²) in [6, 6.07) is 7.51. The van der Waals surface area contributed by atoms with E-state index in [0.29, 0.717) is 24.7 Å². The van der Waals surface area contributed by atoms with Crippen molar-refractivity contribution in [1.29, 1.82) is 0 Å². The van der Waals surface area contributed by atoms with E-state index in [0.717, 1.165) is 11.3 Å². The standard InChI is InChI=1S/C13H13N5O2/c1-19-11-4-2-10(3-5-11)13-16-12(20-17-13)6-7-18-9-14-8-15-18/h2-5,8-9H,6-7H2,1H3. The van der Waals surface area contributed by atoms with Gasteiger partial charge in [0.15, 0.2) is 0 Å². The van der Waals surface area contributed by atoms with Crippen LogP contribution in [0.3, 0.4) is 0 Å². The molecule has 0 radical (unpaired) electrons. The third-order valence-corrected chi connectivity index (χ3v) is 2.84. The summed E-state index contributed by atoms with van der Waals surface area (Å²) in [6.45, 7) is 0.657. The van der Waals surface area contributed by atoms with Gasteiger partial charge in [-0.25, -0.2) is 4.98 Å². The Morgan fingerprint density at radius 3 is 2.80 bits per heavy atom. The maximum absolute atomic E-state index is 5.22. The zero-order valence-corrected chi connectivity index (χ0v) is 10.9. The molecule has 3 aromatic rings. The van der Waals surface area contributed by atoms with Gasteiger partial charge in [0.25, 0.3) is 0 Å². The quantitative estimate of drug-likeness (QED) is 0.701. The van der Waals surface area contributed by atoms with Crippen LogP contribution in [0.5, 0.6) is 5.75 Å². The SMILES string of the molecule is COc1ccc(-c2noc(CCn3cncn3)n2)cc1. The Labute approximate surface area is 115 Å². The van der Waals surface area contributed by atoms with Crippen LogP contribution < -0.4 is 4.74 Å². The molecule has 0 bridgehead atoms. The summed E-state index contributed by atoms with van der Waals surface area (Å²) < 4.78 is 12.0. The number of hydrogen-bond donors (Lipinski definition) is 0. The van der Waals surface area contributed by atoms with E-state index in [1.54, 1.807) is 18.1 Å². The summed E-state index contributed by atoms with van der Waals surface area (Å²) in [7, 11) is 1.63. The van der Waals surface area contributed by atoms with Crippen LogP contribution in [-0.4, -0.2) is 32.0 Å². The van der Waals surface area contributed by atoms with Gasteiger partial charge in [0.05, 0.1) is 13.7 Å². The van der Waals surface area contributed by atoms with E-state index in [-0.39, 0.29) is 0 Å². The topological polar surface area (TPSA) is 78.9 Å². The fraction of sp³-hybridized carbons (Fsp3) is 0.231. The van der Waals surface area contributed by atoms with Crippen molar-refractivity contribution in [2.75, 3.05) is 7.11 Å². The lowest BCUT2D eigenvalue weighted by Crippen LogP contribution is -2.01. The summed E-state index contributed by atoms with van der Waals surface area (Å²) in [5.41, 5.74) is 0.890. The first-order valence-corrected chi connectivity index (χ1v) is 6.14. The van der Waals surface area contributed by atoms with Crippen LogP contribution in [0.2, 0.25) is 0 Å². The van der Waals surface area contributed by atoms with Gasteiger partial charge in [-0.15, -0.1) is 0 Å². The van der Waals surface area contributed by atoms with Gasteiger partial charge >= 0.3 is 0 Å².